The Hall–Kier alpha value is -1.68. The average Bonchev–Trinajstić information content (AvgIpc) is 3.16. The van der Waals surface area contributed by atoms with E-state index < -0.39 is 0 Å². The van der Waals surface area contributed by atoms with Crippen LogP contribution in [0.5, 0.6) is 0 Å². The first-order valence-corrected chi connectivity index (χ1v) is 6.48. The Morgan fingerprint density at radius 3 is 3.00 bits per heavy atom. The lowest BCUT2D eigenvalue weighted by atomic mass is 10.1. The first-order valence-electron chi connectivity index (χ1n) is 6.48. The smallest absolute Gasteiger partial charge is 0.0951 e. The summed E-state index contributed by atoms with van der Waals surface area (Å²) >= 11 is 0. The van der Waals surface area contributed by atoms with E-state index in [9.17, 15) is 0 Å². The van der Waals surface area contributed by atoms with Crippen molar-refractivity contribution in [2.75, 3.05) is 0 Å². The lowest BCUT2D eigenvalue weighted by Crippen LogP contribution is -2.20. The van der Waals surface area contributed by atoms with Gasteiger partial charge in [-0.1, -0.05) is 6.07 Å². The van der Waals surface area contributed by atoms with Crippen LogP contribution in [0.15, 0.2) is 37.1 Å². The minimum Gasteiger partial charge on any atom is -0.330 e. The van der Waals surface area contributed by atoms with Crippen LogP contribution in [0.3, 0.4) is 0 Å². The predicted octanol–water partition coefficient (Wildman–Crippen LogP) is 2.46. The Labute approximate surface area is 107 Å². The highest BCUT2D eigenvalue weighted by molar-refractivity contribution is 5.13. The molecule has 0 bridgehead atoms. The molecule has 1 saturated carbocycles. The molecule has 2 aromatic rings. The third kappa shape index (κ3) is 2.43. The van der Waals surface area contributed by atoms with E-state index in [0.29, 0.717) is 12.1 Å². The van der Waals surface area contributed by atoms with Crippen molar-refractivity contribution in [2.45, 2.75) is 38.4 Å². The fourth-order valence-corrected chi connectivity index (χ4v) is 2.16. The maximum atomic E-state index is 4.24. The number of nitrogens with zero attached hydrogens (tertiary/aromatic N) is 3. The normalized spacial score (nSPS) is 16.7. The monoisotopic (exact) mass is 242 g/mol. The van der Waals surface area contributed by atoms with Gasteiger partial charge in [0, 0.05) is 37.2 Å². The second-order valence-corrected chi connectivity index (χ2v) is 4.91. The molecule has 0 amide bonds. The molecule has 0 saturated heterocycles. The van der Waals surface area contributed by atoms with E-state index in [2.05, 4.69) is 32.8 Å². The summed E-state index contributed by atoms with van der Waals surface area (Å²) in [5, 5.41) is 3.52. The summed E-state index contributed by atoms with van der Waals surface area (Å²) in [4.78, 5) is 8.39. The van der Waals surface area contributed by atoms with E-state index in [1.807, 2.05) is 24.8 Å². The molecule has 0 radical (unpaired) electrons. The van der Waals surface area contributed by atoms with E-state index in [0.717, 1.165) is 6.54 Å². The van der Waals surface area contributed by atoms with Gasteiger partial charge < -0.3 is 9.88 Å². The molecular weight excluding hydrogens is 224 g/mol. The van der Waals surface area contributed by atoms with Crippen LogP contribution < -0.4 is 5.32 Å². The maximum absolute atomic E-state index is 4.24. The van der Waals surface area contributed by atoms with Crippen molar-refractivity contribution >= 4 is 0 Å². The zero-order chi connectivity index (χ0) is 12.4. The van der Waals surface area contributed by atoms with Crippen molar-refractivity contribution in [2.24, 2.45) is 0 Å². The summed E-state index contributed by atoms with van der Waals surface area (Å²) in [7, 11) is 0. The van der Waals surface area contributed by atoms with Crippen LogP contribution in [0.25, 0.3) is 0 Å². The zero-order valence-electron chi connectivity index (χ0n) is 10.6. The molecule has 0 spiro atoms. The second kappa shape index (κ2) is 4.90. The van der Waals surface area contributed by atoms with Crippen molar-refractivity contribution < 1.29 is 0 Å². The highest BCUT2D eigenvalue weighted by Crippen LogP contribution is 2.35. The van der Waals surface area contributed by atoms with Crippen LogP contribution in [-0.4, -0.2) is 14.5 Å². The molecule has 3 rings (SSSR count). The summed E-state index contributed by atoms with van der Waals surface area (Å²) in [6.07, 6.45) is 10.2. The van der Waals surface area contributed by atoms with Gasteiger partial charge in [-0.2, -0.15) is 0 Å². The number of hydrogen-bond donors (Lipinski definition) is 1. The zero-order valence-corrected chi connectivity index (χ0v) is 10.6. The van der Waals surface area contributed by atoms with Gasteiger partial charge in [0.2, 0.25) is 0 Å². The Bertz CT molecular complexity index is 502. The summed E-state index contributed by atoms with van der Waals surface area (Å²) in [5.41, 5.74) is 2.49. The molecule has 1 aliphatic rings. The predicted molar refractivity (Wildman–Crippen MR) is 70.0 cm³/mol. The van der Waals surface area contributed by atoms with Crippen LogP contribution in [-0.2, 0) is 6.54 Å². The fraction of sp³-hybridized carbons (Fsp3) is 0.429. The Kier molecular flexibility index (Phi) is 3.11. The average molecular weight is 242 g/mol. The quantitative estimate of drug-likeness (QED) is 0.875. The molecule has 1 unspecified atom stereocenters. The number of rotatable bonds is 5. The van der Waals surface area contributed by atoms with Crippen LogP contribution >= 0.6 is 0 Å². The van der Waals surface area contributed by atoms with E-state index in [1.54, 1.807) is 6.20 Å². The molecular formula is C14H18N4. The van der Waals surface area contributed by atoms with Gasteiger partial charge in [0.05, 0.1) is 12.0 Å². The Morgan fingerprint density at radius 2 is 2.28 bits per heavy atom. The number of nitrogens with one attached hydrogen (secondary N) is 1. The molecule has 0 aromatic carbocycles. The fourth-order valence-electron chi connectivity index (χ4n) is 2.16. The van der Waals surface area contributed by atoms with Gasteiger partial charge in [0.15, 0.2) is 0 Å². The van der Waals surface area contributed by atoms with Crippen LogP contribution in [0.2, 0.25) is 0 Å². The Morgan fingerprint density at radius 1 is 1.39 bits per heavy atom. The lowest BCUT2D eigenvalue weighted by molar-refractivity contribution is 0.546. The summed E-state index contributed by atoms with van der Waals surface area (Å²) in [6, 6.07) is 5.07. The second-order valence-electron chi connectivity index (χ2n) is 4.91. The van der Waals surface area contributed by atoms with Crippen molar-refractivity contribution in [1.82, 2.24) is 19.9 Å². The molecule has 2 aromatic heterocycles. The highest BCUT2D eigenvalue weighted by Gasteiger charge is 2.25. The largest absolute Gasteiger partial charge is 0.330 e. The van der Waals surface area contributed by atoms with Crippen LogP contribution in [0, 0.1) is 0 Å². The Balaban J connectivity index is 1.62. The van der Waals surface area contributed by atoms with Gasteiger partial charge in [-0.25, -0.2) is 4.98 Å². The van der Waals surface area contributed by atoms with Gasteiger partial charge >= 0.3 is 0 Å². The highest BCUT2D eigenvalue weighted by atomic mass is 15.1. The van der Waals surface area contributed by atoms with Crippen molar-refractivity contribution in [3.8, 4) is 0 Å². The van der Waals surface area contributed by atoms with E-state index in [-0.39, 0.29) is 0 Å². The first kappa shape index (κ1) is 11.4. The van der Waals surface area contributed by atoms with Crippen molar-refractivity contribution in [1.29, 1.82) is 0 Å². The summed E-state index contributed by atoms with van der Waals surface area (Å²) in [6.45, 7) is 3.02. The van der Waals surface area contributed by atoms with Gasteiger partial charge in [0.25, 0.3) is 0 Å². The molecule has 2 heterocycles. The number of pyridine rings is 1. The molecule has 1 N–H and O–H groups in total. The third-order valence-electron chi connectivity index (χ3n) is 3.46. The molecule has 94 valence electrons. The number of hydrogen-bond acceptors (Lipinski definition) is 3. The van der Waals surface area contributed by atoms with E-state index in [4.69, 9.17) is 0 Å². The maximum Gasteiger partial charge on any atom is 0.0951 e. The summed E-state index contributed by atoms with van der Waals surface area (Å²) < 4.78 is 2.29. The molecule has 4 heteroatoms. The first-order chi connectivity index (χ1) is 8.84. The van der Waals surface area contributed by atoms with Gasteiger partial charge in [0.1, 0.15) is 0 Å². The van der Waals surface area contributed by atoms with Crippen LogP contribution in [0.4, 0.5) is 0 Å². The van der Waals surface area contributed by atoms with Crippen LogP contribution in [0.1, 0.15) is 43.1 Å². The van der Waals surface area contributed by atoms with Crippen molar-refractivity contribution in [3.63, 3.8) is 0 Å². The van der Waals surface area contributed by atoms with Gasteiger partial charge in [-0.3, -0.25) is 4.98 Å². The molecule has 1 aliphatic carbocycles. The van der Waals surface area contributed by atoms with Crippen molar-refractivity contribution in [3.05, 3.63) is 48.3 Å². The van der Waals surface area contributed by atoms with Gasteiger partial charge in [-0.05, 0) is 31.4 Å². The molecule has 1 fully saturated rings. The summed E-state index contributed by atoms with van der Waals surface area (Å²) in [5.74, 6) is 0. The topological polar surface area (TPSA) is 42.7 Å². The molecule has 4 nitrogen and oxygen atoms in total. The van der Waals surface area contributed by atoms with Gasteiger partial charge in [-0.15, -0.1) is 0 Å². The van der Waals surface area contributed by atoms with E-state index >= 15 is 0 Å². The molecule has 18 heavy (non-hydrogen) atoms. The molecule has 1 atom stereocenters. The minimum absolute atomic E-state index is 0.307. The number of imidazole rings is 1. The number of aromatic nitrogens is 3. The standard InChI is InChI=1S/C14H18N4/c1-11(12-3-2-6-15-7-12)17-9-14-8-16-10-18(14)13-4-5-13/h2-3,6-8,10-11,13,17H,4-5,9H2,1H3. The molecule has 0 aliphatic heterocycles. The third-order valence-corrected chi connectivity index (χ3v) is 3.46. The SMILES string of the molecule is CC(NCc1cncn1C1CC1)c1cccnc1. The minimum atomic E-state index is 0.307. The van der Waals surface area contributed by atoms with E-state index in [1.165, 1.54) is 24.1 Å². The lowest BCUT2D eigenvalue weighted by Gasteiger charge is -2.14.